The number of hydrogen-bond acceptors (Lipinski definition) is 4. The second kappa shape index (κ2) is 6.54. The first-order valence-electron chi connectivity index (χ1n) is 7.46. The Morgan fingerprint density at radius 2 is 1.96 bits per heavy atom. The summed E-state index contributed by atoms with van der Waals surface area (Å²) >= 11 is 0. The molecule has 2 heterocycles. The van der Waals surface area contributed by atoms with Crippen molar-refractivity contribution in [1.82, 2.24) is 19.5 Å². The highest BCUT2D eigenvalue weighted by molar-refractivity contribution is 7.89. The third-order valence-electron chi connectivity index (χ3n) is 3.60. The van der Waals surface area contributed by atoms with E-state index in [-0.39, 0.29) is 11.4 Å². The summed E-state index contributed by atoms with van der Waals surface area (Å²) in [7, 11) is -1.76. The number of nitrogens with one attached hydrogen (secondary N) is 1. The number of benzene rings is 1. The highest BCUT2D eigenvalue weighted by atomic mass is 32.2. The quantitative estimate of drug-likeness (QED) is 0.772. The third-order valence-corrected chi connectivity index (χ3v) is 5.00. The fourth-order valence-corrected chi connectivity index (χ4v) is 3.51. The summed E-state index contributed by atoms with van der Waals surface area (Å²) in [6.45, 7) is 1.98. The van der Waals surface area contributed by atoms with Gasteiger partial charge >= 0.3 is 0 Å². The van der Waals surface area contributed by atoms with Crippen molar-refractivity contribution in [1.29, 1.82) is 0 Å². The molecule has 0 bridgehead atoms. The molecule has 3 rings (SSSR count). The van der Waals surface area contributed by atoms with E-state index in [0.29, 0.717) is 5.69 Å². The maximum absolute atomic E-state index is 12.4. The fraction of sp³-hybridized carbons (Fsp3) is 0.176. The molecule has 0 fully saturated rings. The molecule has 0 saturated heterocycles. The van der Waals surface area contributed by atoms with Crippen molar-refractivity contribution in [3.05, 3.63) is 66.0 Å². The predicted molar refractivity (Wildman–Crippen MR) is 91.6 cm³/mol. The zero-order chi connectivity index (χ0) is 17.2. The molecule has 0 unspecified atom stereocenters. The molecular formula is C17H18N4O2S. The normalized spacial score (nSPS) is 11.6. The molecule has 24 heavy (non-hydrogen) atoms. The first-order chi connectivity index (χ1) is 11.5. The first-order valence-corrected chi connectivity index (χ1v) is 8.95. The van der Waals surface area contributed by atoms with E-state index in [2.05, 4.69) is 14.8 Å². The van der Waals surface area contributed by atoms with Crippen LogP contribution in [0.4, 0.5) is 0 Å². The average Bonchev–Trinajstić information content (AvgIpc) is 2.95. The van der Waals surface area contributed by atoms with Gasteiger partial charge in [0.15, 0.2) is 0 Å². The van der Waals surface area contributed by atoms with Gasteiger partial charge in [-0.3, -0.25) is 9.67 Å². The van der Waals surface area contributed by atoms with Crippen LogP contribution in [0.5, 0.6) is 0 Å². The van der Waals surface area contributed by atoms with Gasteiger partial charge < -0.3 is 0 Å². The van der Waals surface area contributed by atoms with Gasteiger partial charge in [-0.25, -0.2) is 13.1 Å². The number of aromatic nitrogens is 3. The van der Waals surface area contributed by atoms with E-state index in [9.17, 15) is 8.42 Å². The lowest BCUT2D eigenvalue weighted by atomic mass is 10.2. The Morgan fingerprint density at radius 1 is 1.12 bits per heavy atom. The molecule has 1 aromatic carbocycles. The van der Waals surface area contributed by atoms with Gasteiger partial charge in [-0.1, -0.05) is 18.2 Å². The van der Waals surface area contributed by atoms with Crippen molar-refractivity contribution in [3.8, 4) is 11.4 Å². The van der Waals surface area contributed by atoms with Crippen LogP contribution in [-0.4, -0.2) is 23.2 Å². The molecule has 0 atom stereocenters. The summed E-state index contributed by atoms with van der Waals surface area (Å²) in [6.07, 6.45) is 1.71. The minimum absolute atomic E-state index is 0.122. The molecule has 124 valence electrons. The first kappa shape index (κ1) is 16.4. The second-order valence-electron chi connectivity index (χ2n) is 5.50. The Bertz CT molecular complexity index is 950. The van der Waals surface area contributed by atoms with E-state index in [1.54, 1.807) is 29.1 Å². The predicted octanol–water partition coefficient (Wildman–Crippen LogP) is 2.27. The fourth-order valence-electron chi connectivity index (χ4n) is 2.40. The topological polar surface area (TPSA) is 76.9 Å². The van der Waals surface area contributed by atoms with Crippen LogP contribution < -0.4 is 4.72 Å². The van der Waals surface area contributed by atoms with Crippen molar-refractivity contribution >= 4 is 10.0 Å². The zero-order valence-electron chi connectivity index (χ0n) is 13.5. The summed E-state index contributed by atoms with van der Waals surface area (Å²) in [5, 5.41) is 4.35. The smallest absolute Gasteiger partial charge is 0.240 e. The maximum atomic E-state index is 12.4. The Labute approximate surface area is 141 Å². The molecule has 7 heteroatoms. The summed E-state index contributed by atoms with van der Waals surface area (Å²) in [4.78, 5) is 4.54. The monoisotopic (exact) mass is 342 g/mol. The molecule has 0 saturated carbocycles. The van der Waals surface area contributed by atoms with Crippen LogP contribution in [0.25, 0.3) is 11.4 Å². The lowest BCUT2D eigenvalue weighted by molar-refractivity contribution is 0.579. The molecule has 0 amide bonds. The van der Waals surface area contributed by atoms with Gasteiger partial charge in [0.05, 0.1) is 28.5 Å². The highest BCUT2D eigenvalue weighted by Gasteiger charge is 2.15. The van der Waals surface area contributed by atoms with Crippen molar-refractivity contribution in [2.24, 2.45) is 7.05 Å². The van der Waals surface area contributed by atoms with E-state index < -0.39 is 10.0 Å². The SMILES string of the molecule is Cc1cccc(S(=O)(=O)NCc2cc(-c3ccccn3)n(C)n2)c1. The Hall–Kier alpha value is -2.51. The average molecular weight is 342 g/mol. The van der Waals surface area contributed by atoms with Crippen LogP contribution in [0.3, 0.4) is 0 Å². The third kappa shape index (κ3) is 3.52. The van der Waals surface area contributed by atoms with E-state index in [1.165, 1.54) is 0 Å². The molecular weight excluding hydrogens is 324 g/mol. The van der Waals surface area contributed by atoms with E-state index in [4.69, 9.17) is 0 Å². The van der Waals surface area contributed by atoms with E-state index in [1.807, 2.05) is 44.3 Å². The summed E-state index contributed by atoms with van der Waals surface area (Å²) in [5.74, 6) is 0. The second-order valence-corrected chi connectivity index (χ2v) is 7.27. The van der Waals surface area contributed by atoms with Gasteiger partial charge in [0.25, 0.3) is 0 Å². The lowest BCUT2D eigenvalue weighted by Crippen LogP contribution is -2.23. The van der Waals surface area contributed by atoms with Crippen molar-refractivity contribution in [2.45, 2.75) is 18.4 Å². The number of hydrogen-bond donors (Lipinski definition) is 1. The Balaban J connectivity index is 1.78. The zero-order valence-corrected chi connectivity index (χ0v) is 14.3. The summed E-state index contributed by atoms with van der Waals surface area (Å²) in [5.41, 5.74) is 3.16. The van der Waals surface area contributed by atoms with E-state index >= 15 is 0 Å². The van der Waals surface area contributed by atoms with Crippen LogP contribution in [0.1, 0.15) is 11.3 Å². The van der Waals surface area contributed by atoms with Crippen LogP contribution in [0.15, 0.2) is 59.6 Å². The van der Waals surface area contributed by atoms with Crippen LogP contribution in [-0.2, 0) is 23.6 Å². The van der Waals surface area contributed by atoms with Gasteiger partial charge in [-0.2, -0.15) is 5.10 Å². The molecule has 2 aromatic heterocycles. The molecule has 3 aromatic rings. The molecule has 0 aliphatic carbocycles. The molecule has 1 N–H and O–H groups in total. The van der Waals surface area contributed by atoms with Crippen molar-refractivity contribution < 1.29 is 8.42 Å². The molecule has 6 nitrogen and oxygen atoms in total. The van der Waals surface area contributed by atoms with Gasteiger partial charge in [0.2, 0.25) is 10.0 Å². The highest BCUT2D eigenvalue weighted by Crippen LogP contribution is 2.17. The number of sulfonamides is 1. The van der Waals surface area contributed by atoms with Crippen molar-refractivity contribution in [2.75, 3.05) is 0 Å². The van der Waals surface area contributed by atoms with Gasteiger partial charge in [0, 0.05) is 13.2 Å². The Morgan fingerprint density at radius 3 is 2.67 bits per heavy atom. The van der Waals surface area contributed by atoms with Crippen molar-refractivity contribution in [3.63, 3.8) is 0 Å². The van der Waals surface area contributed by atoms with Gasteiger partial charge in [-0.15, -0.1) is 0 Å². The molecule has 0 aliphatic rings. The number of nitrogens with zero attached hydrogens (tertiary/aromatic N) is 3. The molecule has 0 radical (unpaired) electrons. The minimum atomic E-state index is -3.56. The van der Waals surface area contributed by atoms with E-state index in [0.717, 1.165) is 17.0 Å². The number of rotatable bonds is 5. The van der Waals surface area contributed by atoms with Crippen LogP contribution in [0, 0.1) is 6.92 Å². The molecule has 0 aliphatic heterocycles. The standard InChI is InChI=1S/C17H18N4O2S/c1-13-6-5-7-15(10-13)24(22,23)19-12-14-11-17(21(2)20-14)16-8-3-4-9-18-16/h3-11,19H,12H2,1-2H3. The van der Waals surface area contributed by atoms with Crippen LogP contribution in [0.2, 0.25) is 0 Å². The summed E-state index contributed by atoms with van der Waals surface area (Å²) in [6, 6.07) is 14.3. The Kier molecular flexibility index (Phi) is 4.46. The maximum Gasteiger partial charge on any atom is 0.240 e. The van der Waals surface area contributed by atoms with Gasteiger partial charge in [-0.05, 0) is 42.8 Å². The largest absolute Gasteiger partial charge is 0.266 e. The number of aryl methyl sites for hydroxylation is 2. The minimum Gasteiger partial charge on any atom is -0.266 e. The number of pyridine rings is 1. The van der Waals surface area contributed by atoms with Gasteiger partial charge in [0.1, 0.15) is 0 Å². The lowest BCUT2D eigenvalue weighted by Gasteiger charge is -2.05. The van der Waals surface area contributed by atoms with Crippen LogP contribution >= 0.6 is 0 Å². The summed E-state index contributed by atoms with van der Waals surface area (Å²) < 4.78 is 29.0. The molecule has 0 spiro atoms.